The van der Waals surface area contributed by atoms with Gasteiger partial charge in [-0.25, -0.2) is 0 Å². The largest absolute Gasteiger partial charge is 0.396 e. The van der Waals surface area contributed by atoms with E-state index in [1.165, 1.54) is 0 Å². The Morgan fingerprint density at radius 2 is 1.14 bits per heavy atom. The van der Waals surface area contributed by atoms with Crippen LogP contribution in [-0.4, -0.2) is 43.5 Å². The third-order valence-corrected chi connectivity index (χ3v) is 8.98. The molecule has 0 amide bonds. The van der Waals surface area contributed by atoms with Gasteiger partial charge in [0, 0.05) is 6.61 Å². The van der Waals surface area contributed by atoms with E-state index in [2.05, 4.69) is 0 Å². The lowest BCUT2D eigenvalue weighted by Gasteiger charge is -2.31. The average Bonchev–Trinajstić information content (AvgIpc) is 2.44. The molecule has 0 aromatic rings. The van der Waals surface area contributed by atoms with Gasteiger partial charge in [0.05, 0.1) is 26.4 Å². The van der Waals surface area contributed by atoms with Crippen LogP contribution in [0.2, 0.25) is 0 Å². The highest BCUT2D eigenvalue weighted by atomic mass is 31.2. The minimum atomic E-state index is -3.65. The van der Waals surface area contributed by atoms with Crippen LogP contribution in [0.15, 0.2) is 0 Å². The van der Waals surface area contributed by atoms with Gasteiger partial charge in [0.15, 0.2) is 5.40 Å². The summed E-state index contributed by atoms with van der Waals surface area (Å²) in [5.74, 6) is 0. The summed E-state index contributed by atoms with van der Waals surface area (Å²) in [5.41, 5.74) is 0. The van der Waals surface area contributed by atoms with Crippen molar-refractivity contribution in [3.05, 3.63) is 0 Å². The van der Waals surface area contributed by atoms with E-state index < -0.39 is 20.6 Å². The molecule has 134 valence electrons. The van der Waals surface area contributed by atoms with Gasteiger partial charge in [-0.1, -0.05) is 0 Å². The molecule has 0 fully saturated rings. The monoisotopic (exact) mass is 360 g/mol. The Morgan fingerprint density at radius 3 is 1.41 bits per heavy atom. The zero-order valence-electron chi connectivity index (χ0n) is 14.0. The fourth-order valence-corrected chi connectivity index (χ4v) is 7.53. The Hall–Kier alpha value is 0.260. The van der Waals surface area contributed by atoms with E-state index in [0.717, 1.165) is 0 Å². The van der Waals surface area contributed by atoms with E-state index in [4.69, 9.17) is 23.2 Å². The number of hydrogen-bond donors (Lipinski definition) is 1. The molecule has 9 heteroatoms. The molecule has 0 aromatic carbocycles. The van der Waals surface area contributed by atoms with Crippen molar-refractivity contribution in [3.63, 3.8) is 0 Å². The van der Waals surface area contributed by atoms with E-state index in [1.54, 1.807) is 27.7 Å². The lowest BCUT2D eigenvalue weighted by molar-refractivity contribution is 0.192. The molecule has 0 spiro atoms. The maximum Gasteiger partial charge on any atom is 0.345 e. The van der Waals surface area contributed by atoms with Crippen LogP contribution in [-0.2, 0) is 27.2 Å². The lowest BCUT2D eigenvalue weighted by atomic mass is 10.3. The first-order chi connectivity index (χ1) is 10.4. The predicted molar refractivity (Wildman–Crippen MR) is 86.4 cm³/mol. The average molecular weight is 360 g/mol. The molecule has 0 heterocycles. The molecule has 0 saturated carbocycles. The van der Waals surface area contributed by atoms with Crippen molar-refractivity contribution in [2.24, 2.45) is 0 Å². The second-order valence-corrected chi connectivity index (χ2v) is 9.30. The van der Waals surface area contributed by atoms with Crippen molar-refractivity contribution in [2.45, 2.75) is 52.4 Å². The van der Waals surface area contributed by atoms with E-state index in [9.17, 15) is 9.13 Å². The number of aliphatic hydroxyl groups is 1. The quantitative estimate of drug-likeness (QED) is 0.370. The third kappa shape index (κ3) is 6.79. The molecule has 0 aromatic heterocycles. The minimum absolute atomic E-state index is 0.00780. The molecule has 0 bridgehead atoms. The summed E-state index contributed by atoms with van der Waals surface area (Å²) in [4.78, 5) is 0. The lowest BCUT2D eigenvalue weighted by Crippen LogP contribution is -2.18. The highest BCUT2D eigenvalue weighted by Crippen LogP contribution is 2.71. The van der Waals surface area contributed by atoms with Gasteiger partial charge in [-0.05, 0) is 47.0 Å². The van der Waals surface area contributed by atoms with E-state index in [-0.39, 0.29) is 39.5 Å². The molecule has 0 aliphatic rings. The van der Waals surface area contributed by atoms with Crippen molar-refractivity contribution in [1.29, 1.82) is 0 Å². The highest BCUT2D eigenvalue weighted by molar-refractivity contribution is 7.72. The van der Waals surface area contributed by atoms with Crippen molar-refractivity contribution in [1.82, 2.24) is 0 Å². The van der Waals surface area contributed by atoms with Gasteiger partial charge in [0.1, 0.15) is 0 Å². The van der Waals surface area contributed by atoms with Crippen molar-refractivity contribution >= 4 is 15.2 Å². The number of hydrogen-bond acceptors (Lipinski definition) is 7. The van der Waals surface area contributed by atoms with Crippen LogP contribution in [0.1, 0.15) is 47.0 Å². The zero-order valence-corrected chi connectivity index (χ0v) is 15.8. The normalized spacial score (nSPS) is 13.0. The smallest absolute Gasteiger partial charge is 0.345 e. The zero-order chi connectivity index (χ0) is 17.1. The van der Waals surface area contributed by atoms with Gasteiger partial charge >= 0.3 is 15.2 Å². The first-order valence-electron chi connectivity index (χ1n) is 7.82. The number of aliphatic hydroxyl groups excluding tert-OH is 1. The van der Waals surface area contributed by atoms with Crippen LogP contribution in [0.3, 0.4) is 0 Å². The molecule has 0 rings (SSSR count). The summed E-state index contributed by atoms with van der Waals surface area (Å²) in [6.45, 7) is 7.49. The molecule has 0 aliphatic heterocycles. The summed E-state index contributed by atoms with van der Waals surface area (Å²) < 4.78 is 47.5. The van der Waals surface area contributed by atoms with Gasteiger partial charge in [0.2, 0.25) is 0 Å². The van der Waals surface area contributed by atoms with Crippen molar-refractivity contribution < 1.29 is 32.3 Å². The van der Waals surface area contributed by atoms with Crippen LogP contribution in [0.4, 0.5) is 0 Å². The number of rotatable bonds is 14. The summed E-state index contributed by atoms with van der Waals surface area (Å²) >= 11 is 0. The maximum absolute atomic E-state index is 13.1. The molecule has 0 radical (unpaired) electrons. The van der Waals surface area contributed by atoms with Crippen molar-refractivity contribution in [2.75, 3.05) is 33.0 Å². The summed E-state index contributed by atoms with van der Waals surface area (Å²) in [6.07, 6.45) is 1.30. The molecular weight excluding hydrogens is 330 g/mol. The van der Waals surface area contributed by atoms with Crippen LogP contribution in [0, 0.1) is 0 Å². The fraction of sp³-hybridized carbons (Fsp3) is 1.00. The molecule has 0 unspecified atom stereocenters. The van der Waals surface area contributed by atoms with Gasteiger partial charge in [0.25, 0.3) is 0 Å². The van der Waals surface area contributed by atoms with Gasteiger partial charge in [-0.15, -0.1) is 0 Å². The Kier molecular flexibility index (Phi) is 11.9. The Morgan fingerprint density at radius 1 is 0.773 bits per heavy atom. The Labute approximate surface area is 133 Å². The van der Waals surface area contributed by atoms with Crippen LogP contribution >= 0.6 is 15.2 Å². The molecule has 1 N–H and O–H groups in total. The van der Waals surface area contributed by atoms with E-state index >= 15 is 0 Å². The van der Waals surface area contributed by atoms with Crippen molar-refractivity contribution in [3.8, 4) is 0 Å². The summed E-state index contributed by atoms with van der Waals surface area (Å²) in [5, 5.41) is 7.95. The molecular formula is C13H30O7P2. The summed E-state index contributed by atoms with van der Waals surface area (Å²) in [7, 11) is -7.29. The SMILES string of the molecule is CCOP(=O)(OCC)C(CCCCO)P(=O)(OCC)OCC. The van der Waals surface area contributed by atoms with Gasteiger partial charge < -0.3 is 23.2 Å². The maximum atomic E-state index is 13.1. The third-order valence-electron chi connectivity index (χ3n) is 2.84. The van der Waals surface area contributed by atoms with Crippen LogP contribution < -0.4 is 0 Å². The standard InChI is InChI=1S/C13H30O7P2/c1-5-17-21(15,18-6-2)13(11-9-10-12-14)22(16,19-7-3)20-8-4/h13-14H,5-12H2,1-4H3. The predicted octanol–water partition coefficient (Wildman–Crippen LogP) is 4.01. The van der Waals surface area contributed by atoms with E-state index in [1.807, 2.05) is 0 Å². The second kappa shape index (κ2) is 11.7. The Bertz CT molecular complexity index is 325. The van der Waals surface area contributed by atoms with Crippen LogP contribution in [0.25, 0.3) is 0 Å². The number of unbranched alkanes of at least 4 members (excludes halogenated alkanes) is 1. The highest BCUT2D eigenvalue weighted by Gasteiger charge is 2.50. The second-order valence-electron chi connectivity index (χ2n) is 4.45. The first kappa shape index (κ1) is 22.3. The first-order valence-corrected chi connectivity index (χ1v) is 11.0. The van der Waals surface area contributed by atoms with Gasteiger partial charge in [-0.2, -0.15) is 0 Å². The molecule has 7 nitrogen and oxygen atoms in total. The fourth-order valence-electron chi connectivity index (χ4n) is 2.07. The Balaban J connectivity index is 5.54. The van der Waals surface area contributed by atoms with Crippen LogP contribution in [0.5, 0.6) is 0 Å². The molecule has 0 aliphatic carbocycles. The van der Waals surface area contributed by atoms with Gasteiger partial charge in [-0.3, -0.25) is 9.13 Å². The summed E-state index contributed by atoms with van der Waals surface area (Å²) in [6, 6.07) is 0. The molecule has 0 saturated heterocycles. The van der Waals surface area contributed by atoms with E-state index in [0.29, 0.717) is 12.8 Å². The minimum Gasteiger partial charge on any atom is -0.396 e. The molecule has 0 atom stereocenters. The topological polar surface area (TPSA) is 91.3 Å². The molecule has 22 heavy (non-hydrogen) atoms.